The number of fused-ring (bicyclic) bond motifs is 1. The number of benzene rings is 3. The summed E-state index contributed by atoms with van der Waals surface area (Å²) in [6.07, 6.45) is 0. The first-order valence-corrected chi connectivity index (χ1v) is 10.6. The highest BCUT2D eigenvalue weighted by atomic mass is 19.1. The number of nitrogen functional groups attached to an aromatic ring is 1. The van der Waals surface area contributed by atoms with Gasteiger partial charge in [0.05, 0.1) is 18.3 Å². The maximum atomic E-state index is 13.9. The number of urea groups is 1. The van der Waals surface area contributed by atoms with Crippen LogP contribution in [0.3, 0.4) is 0 Å². The number of amides is 3. The monoisotopic (exact) mass is 468 g/mol. The van der Waals surface area contributed by atoms with E-state index in [-0.39, 0.29) is 24.2 Å². The van der Waals surface area contributed by atoms with Crippen LogP contribution in [0.4, 0.5) is 29.3 Å². The van der Waals surface area contributed by atoms with Crippen LogP contribution >= 0.6 is 0 Å². The number of hydrogen-bond donors (Lipinski definition) is 2. The lowest BCUT2D eigenvalue weighted by atomic mass is 9.98. The van der Waals surface area contributed by atoms with Crippen molar-refractivity contribution in [3.63, 3.8) is 0 Å². The maximum absolute atomic E-state index is 13.9. The molecule has 0 aliphatic carbocycles. The number of halogens is 3. The van der Waals surface area contributed by atoms with Gasteiger partial charge >= 0.3 is 6.03 Å². The SMILES string of the molecule is CC1c2ccc(C(=O)NCc3c(F)cc(F)cc3F)cc2N(Cc2ccc(N)cc2)C(=O)N1C. The molecule has 0 saturated heterocycles. The lowest BCUT2D eigenvalue weighted by Gasteiger charge is -2.39. The van der Waals surface area contributed by atoms with Gasteiger partial charge in [0.2, 0.25) is 0 Å². The highest BCUT2D eigenvalue weighted by Gasteiger charge is 2.33. The second-order valence-electron chi connectivity index (χ2n) is 8.20. The predicted octanol–water partition coefficient (Wildman–Crippen LogP) is 4.75. The highest BCUT2D eigenvalue weighted by molar-refractivity contribution is 5.99. The summed E-state index contributed by atoms with van der Waals surface area (Å²) in [6.45, 7) is 1.69. The summed E-state index contributed by atoms with van der Waals surface area (Å²) in [4.78, 5) is 29.0. The van der Waals surface area contributed by atoms with Crippen LogP contribution in [0.15, 0.2) is 54.6 Å². The smallest absolute Gasteiger partial charge is 0.325 e. The predicted molar refractivity (Wildman–Crippen MR) is 123 cm³/mol. The van der Waals surface area contributed by atoms with Crippen LogP contribution in [0.25, 0.3) is 0 Å². The van der Waals surface area contributed by atoms with Gasteiger partial charge in [0, 0.05) is 42.5 Å². The Morgan fingerprint density at radius 3 is 2.32 bits per heavy atom. The number of nitrogens with one attached hydrogen (secondary N) is 1. The van der Waals surface area contributed by atoms with Crippen molar-refractivity contribution in [2.45, 2.75) is 26.1 Å². The molecule has 1 unspecified atom stereocenters. The molecule has 0 aromatic heterocycles. The molecule has 0 radical (unpaired) electrons. The van der Waals surface area contributed by atoms with Crippen molar-refractivity contribution in [3.05, 3.63) is 94.3 Å². The third kappa shape index (κ3) is 4.41. The standard InChI is InChI=1S/C25H23F3N4O2/c1-14-19-8-5-16(24(33)30-12-20-21(27)10-17(26)11-22(20)28)9-23(19)32(25(34)31(14)2)13-15-3-6-18(29)7-4-15/h3-11,14H,12-13,29H2,1-2H3,(H,30,33). The summed E-state index contributed by atoms with van der Waals surface area (Å²) >= 11 is 0. The largest absolute Gasteiger partial charge is 0.399 e. The van der Waals surface area contributed by atoms with Crippen LogP contribution in [-0.2, 0) is 13.1 Å². The molecule has 4 rings (SSSR count). The average molecular weight is 468 g/mol. The second-order valence-corrected chi connectivity index (χ2v) is 8.20. The minimum absolute atomic E-state index is 0.216. The van der Waals surface area contributed by atoms with Crippen LogP contribution in [-0.4, -0.2) is 23.9 Å². The molecule has 0 bridgehead atoms. The molecule has 6 nitrogen and oxygen atoms in total. The first kappa shape index (κ1) is 23.2. The van der Waals surface area contributed by atoms with Crippen molar-refractivity contribution < 1.29 is 22.8 Å². The molecule has 176 valence electrons. The summed E-state index contributed by atoms with van der Waals surface area (Å²) in [7, 11) is 1.71. The number of nitrogens with two attached hydrogens (primary N) is 1. The highest BCUT2D eigenvalue weighted by Crippen LogP contribution is 2.37. The van der Waals surface area contributed by atoms with Gasteiger partial charge < -0.3 is 16.0 Å². The minimum Gasteiger partial charge on any atom is -0.399 e. The van der Waals surface area contributed by atoms with Gasteiger partial charge in [0.15, 0.2) is 0 Å². The zero-order chi connectivity index (χ0) is 24.6. The Balaban J connectivity index is 1.61. The van der Waals surface area contributed by atoms with Gasteiger partial charge in [0.25, 0.3) is 5.91 Å². The Morgan fingerprint density at radius 2 is 1.68 bits per heavy atom. The molecule has 0 spiro atoms. The number of rotatable bonds is 5. The fraction of sp³-hybridized carbons (Fsp3) is 0.200. The Morgan fingerprint density at radius 1 is 1.03 bits per heavy atom. The molecule has 0 fully saturated rings. The average Bonchev–Trinajstić information content (AvgIpc) is 2.80. The molecular formula is C25H23F3N4O2. The fourth-order valence-corrected chi connectivity index (χ4v) is 3.91. The molecule has 0 saturated carbocycles. The summed E-state index contributed by atoms with van der Waals surface area (Å²) in [5.74, 6) is -3.79. The van der Waals surface area contributed by atoms with Crippen LogP contribution in [0.5, 0.6) is 0 Å². The number of carbonyl (C=O) groups excluding carboxylic acids is 2. The number of nitrogens with zero attached hydrogens (tertiary/aromatic N) is 2. The van der Waals surface area contributed by atoms with Crippen molar-refractivity contribution in [2.24, 2.45) is 0 Å². The van der Waals surface area contributed by atoms with E-state index in [1.165, 1.54) is 0 Å². The van der Waals surface area contributed by atoms with E-state index in [1.54, 1.807) is 47.2 Å². The van der Waals surface area contributed by atoms with Gasteiger partial charge in [-0.1, -0.05) is 18.2 Å². The summed E-state index contributed by atoms with van der Waals surface area (Å²) in [6, 6.07) is 12.7. The lowest BCUT2D eigenvalue weighted by Crippen LogP contribution is -2.46. The van der Waals surface area contributed by atoms with E-state index in [9.17, 15) is 22.8 Å². The van der Waals surface area contributed by atoms with Crippen molar-refractivity contribution in [3.8, 4) is 0 Å². The Labute approximate surface area is 194 Å². The molecule has 9 heteroatoms. The van der Waals surface area contributed by atoms with E-state index >= 15 is 0 Å². The number of hydrogen-bond acceptors (Lipinski definition) is 3. The van der Waals surface area contributed by atoms with E-state index in [2.05, 4.69) is 5.32 Å². The molecule has 3 N–H and O–H groups in total. The summed E-state index contributed by atoms with van der Waals surface area (Å²) < 4.78 is 40.9. The lowest BCUT2D eigenvalue weighted by molar-refractivity contribution is 0.0950. The molecule has 3 amide bonds. The molecular weight excluding hydrogens is 445 g/mol. The van der Waals surface area contributed by atoms with Crippen LogP contribution in [0.1, 0.15) is 40.0 Å². The number of anilines is 2. The molecule has 1 atom stereocenters. The van der Waals surface area contributed by atoms with E-state index in [1.807, 2.05) is 19.1 Å². The van der Waals surface area contributed by atoms with Gasteiger partial charge in [-0.05, 0) is 42.3 Å². The van der Waals surface area contributed by atoms with Crippen molar-refractivity contribution in [1.82, 2.24) is 10.2 Å². The van der Waals surface area contributed by atoms with Crippen LogP contribution < -0.4 is 16.0 Å². The normalized spacial score (nSPS) is 15.3. The number of carbonyl (C=O) groups is 2. The third-order valence-electron chi connectivity index (χ3n) is 6.00. The van der Waals surface area contributed by atoms with Gasteiger partial charge in [-0.15, -0.1) is 0 Å². The zero-order valence-electron chi connectivity index (χ0n) is 18.6. The minimum atomic E-state index is -1.08. The molecule has 1 aliphatic heterocycles. The van der Waals surface area contributed by atoms with Gasteiger partial charge in [-0.3, -0.25) is 9.69 Å². The molecule has 3 aromatic rings. The Hall–Kier alpha value is -4.01. The van der Waals surface area contributed by atoms with Gasteiger partial charge in [0.1, 0.15) is 17.5 Å². The summed E-state index contributed by atoms with van der Waals surface area (Å²) in [5, 5.41) is 2.46. The first-order chi connectivity index (χ1) is 16.2. The maximum Gasteiger partial charge on any atom is 0.325 e. The Kier molecular flexibility index (Phi) is 6.19. The first-order valence-electron chi connectivity index (χ1n) is 10.6. The van der Waals surface area contributed by atoms with E-state index in [4.69, 9.17) is 5.73 Å². The topological polar surface area (TPSA) is 78.7 Å². The van der Waals surface area contributed by atoms with Crippen LogP contribution in [0, 0.1) is 17.5 Å². The molecule has 34 heavy (non-hydrogen) atoms. The van der Waals surface area contributed by atoms with E-state index < -0.39 is 35.5 Å². The van der Waals surface area contributed by atoms with E-state index in [0.29, 0.717) is 23.5 Å². The second kappa shape index (κ2) is 9.09. The van der Waals surface area contributed by atoms with E-state index in [0.717, 1.165) is 11.1 Å². The molecule has 1 aliphatic rings. The van der Waals surface area contributed by atoms with Crippen LogP contribution in [0.2, 0.25) is 0 Å². The Bertz CT molecular complexity index is 1240. The fourth-order valence-electron chi connectivity index (χ4n) is 3.91. The van der Waals surface area contributed by atoms with Crippen molar-refractivity contribution >= 4 is 23.3 Å². The molecule has 1 heterocycles. The quantitative estimate of drug-likeness (QED) is 0.531. The molecule has 3 aromatic carbocycles. The zero-order valence-corrected chi connectivity index (χ0v) is 18.6. The third-order valence-corrected chi connectivity index (χ3v) is 6.00. The van der Waals surface area contributed by atoms with Crippen molar-refractivity contribution in [1.29, 1.82) is 0 Å². The summed E-state index contributed by atoms with van der Waals surface area (Å²) in [5.41, 5.74) is 8.41. The van der Waals surface area contributed by atoms with Crippen molar-refractivity contribution in [2.75, 3.05) is 17.7 Å². The van der Waals surface area contributed by atoms with Gasteiger partial charge in [-0.25, -0.2) is 18.0 Å². The van der Waals surface area contributed by atoms with Gasteiger partial charge in [-0.2, -0.15) is 0 Å².